The average Bonchev–Trinajstić information content (AvgIpc) is 2.78. The maximum atomic E-state index is 12.9. The predicted molar refractivity (Wildman–Crippen MR) is 117 cm³/mol. The minimum atomic E-state index is -4.94. The van der Waals surface area contributed by atoms with Crippen molar-refractivity contribution in [2.45, 2.75) is 12.6 Å². The van der Waals surface area contributed by atoms with Crippen molar-refractivity contribution in [1.82, 2.24) is 15.6 Å². The molecule has 176 valence electrons. The highest BCUT2D eigenvalue weighted by molar-refractivity contribution is 6.72. The van der Waals surface area contributed by atoms with Crippen LogP contribution < -0.4 is 21.1 Å². The Morgan fingerprint density at radius 1 is 1.21 bits per heavy atom. The first kappa shape index (κ1) is 25.7. The van der Waals surface area contributed by atoms with Gasteiger partial charge in [0.2, 0.25) is 0 Å². The molecule has 0 spiro atoms. The molecule has 0 aliphatic rings. The quantitative estimate of drug-likeness (QED) is 0.394. The second kappa shape index (κ2) is 11.3. The van der Waals surface area contributed by atoms with Crippen molar-refractivity contribution in [3.05, 3.63) is 65.1 Å². The number of nitrogens with zero attached hydrogens (tertiary/aromatic N) is 2. The number of benzene rings is 1. The fourth-order valence-electron chi connectivity index (χ4n) is 2.62. The van der Waals surface area contributed by atoms with E-state index in [-0.39, 0.29) is 24.6 Å². The van der Waals surface area contributed by atoms with Crippen LogP contribution in [0.4, 0.5) is 13.2 Å². The number of carbonyl (C=O) groups excluding carboxylic acids is 2. The largest absolute Gasteiger partial charge is 0.457 e. The van der Waals surface area contributed by atoms with Crippen LogP contribution in [0, 0.1) is 0 Å². The molecule has 2 aromatic rings. The van der Waals surface area contributed by atoms with Crippen LogP contribution >= 0.6 is 11.6 Å². The zero-order valence-corrected chi connectivity index (χ0v) is 18.4. The summed E-state index contributed by atoms with van der Waals surface area (Å²) in [5.41, 5.74) is 3.43. The molecule has 0 atom stereocenters. The third-order valence-electron chi connectivity index (χ3n) is 4.23. The van der Waals surface area contributed by atoms with Crippen molar-refractivity contribution in [2.24, 2.45) is 10.7 Å². The number of amides is 2. The molecule has 0 fully saturated rings. The van der Waals surface area contributed by atoms with Gasteiger partial charge < -0.3 is 21.1 Å². The van der Waals surface area contributed by atoms with Crippen molar-refractivity contribution >= 4 is 28.6 Å². The Bertz CT molecular complexity index is 1090. The zero-order valence-electron chi connectivity index (χ0n) is 17.7. The highest BCUT2D eigenvalue weighted by Gasteiger charge is 2.37. The van der Waals surface area contributed by atoms with Gasteiger partial charge in [-0.15, -0.1) is 0 Å². The van der Waals surface area contributed by atoms with Crippen molar-refractivity contribution in [1.29, 1.82) is 0 Å². The normalized spacial score (nSPS) is 12.6. The van der Waals surface area contributed by atoms with Crippen LogP contribution in [0.5, 0.6) is 11.5 Å². The Hall–Kier alpha value is -3.60. The number of ether oxygens (including phenoxy) is 1. The van der Waals surface area contributed by atoms with E-state index >= 15 is 0 Å². The van der Waals surface area contributed by atoms with Crippen LogP contribution in [0.3, 0.4) is 0 Å². The number of nitrogens with one attached hydrogen (secondary N) is 2. The van der Waals surface area contributed by atoms with Gasteiger partial charge in [-0.05, 0) is 30.2 Å². The molecule has 0 aliphatic carbocycles. The summed E-state index contributed by atoms with van der Waals surface area (Å²) in [5.74, 6) is -0.611. The van der Waals surface area contributed by atoms with Crippen molar-refractivity contribution < 1.29 is 27.5 Å². The smallest absolute Gasteiger partial charge is 0.431 e. The molecule has 1 heterocycles. The minimum Gasteiger partial charge on any atom is -0.457 e. The minimum absolute atomic E-state index is 0.000876. The molecule has 33 heavy (non-hydrogen) atoms. The second-order valence-corrected chi connectivity index (χ2v) is 6.87. The van der Waals surface area contributed by atoms with Gasteiger partial charge in [0, 0.05) is 32.9 Å². The first-order valence-corrected chi connectivity index (χ1v) is 9.87. The number of hydrogen-bond donors (Lipinski definition) is 3. The van der Waals surface area contributed by atoms with Gasteiger partial charge in [0.25, 0.3) is 11.8 Å². The van der Waals surface area contributed by atoms with Crippen molar-refractivity contribution in [3.8, 4) is 11.5 Å². The summed E-state index contributed by atoms with van der Waals surface area (Å²) in [6.45, 7) is 0.000876. The highest BCUT2D eigenvalue weighted by atomic mass is 35.5. The van der Waals surface area contributed by atoms with Crippen LogP contribution in [0.1, 0.15) is 16.1 Å². The van der Waals surface area contributed by atoms with Crippen LogP contribution in [0.2, 0.25) is 0 Å². The molecule has 0 saturated carbocycles. The van der Waals surface area contributed by atoms with Crippen LogP contribution in [0.15, 0.2) is 58.9 Å². The molecule has 0 radical (unpaired) electrons. The molecule has 2 amide bonds. The number of hydrogen-bond acceptors (Lipinski definition) is 6. The zero-order chi connectivity index (χ0) is 24.6. The van der Waals surface area contributed by atoms with Gasteiger partial charge in [-0.3, -0.25) is 19.6 Å². The number of aromatic nitrogens is 1. The maximum Gasteiger partial charge on any atom is 0.431 e. The summed E-state index contributed by atoms with van der Waals surface area (Å²) in [4.78, 5) is 31.3. The van der Waals surface area contributed by atoms with Gasteiger partial charge in [0.05, 0.1) is 0 Å². The Balaban J connectivity index is 2.06. The lowest BCUT2D eigenvalue weighted by atomic mass is 10.1. The van der Waals surface area contributed by atoms with Crippen LogP contribution in [-0.2, 0) is 11.2 Å². The lowest BCUT2D eigenvalue weighted by Crippen LogP contribution is -2.34. The summed E-state index contributed by atoms with van der Waals surface area (Å²) < 4.78 is 44.6. The predicted octanol–water partition coefficient (Wildman–Crippen LogP) is 2.93. The Kier molecular flexibility index (Phi) is 8.80. The van der Waals surface area contributed by atoms with Gasteiger partial charge in [0.15, 0.2) is 0 Å². The van der Waals surface area contributed by atoms with Gasteiger partial charge in [-0.1, -0.05) is 23.7 Å². The summed E-state index contributed by atoms with van der Waals surface area (Å²) in [6.07, 6.45) is -3.22. The molecule has 2 rings (SSSR count). The molecule has 0 saturated heterocycles. The Morgan fingerprint density at radius 2 is 1.91 bits per heavy atom. The van der Waals surface area contributed by atoms with Crippen molar-refractivity contribution in [3.63, 3.8) is 0 Å². The average molecular weight is 484 g/mol. The maximum absolute atomic E-state index is 12.9. The third kappa shape index (κ3) is 7.21. The van der Waals surface area contributed by atoms with E-state index in [0.717, 1.165) is 12.6 Å². The van der Waals surface area contributed by atoms with E-state index in [1.807, 2.05) is 0 Å². The summed E-state index contributed by atoms with van der Waals surface area (Å²) in [6, 6.07) is 9.89. The fourth-order valence-corrected chi connectivity index (χ4v) is 2.80. The van der Waals surface area contributed by atoms with E-state index in [1.54, 1.807) is 30.3 Å². The number of pyridine rings is 1. The van der Waals surface area contributed by atoms with E-state index in [0.29, 0.717) is 11.5 Å². The Labute approximate surface area is 192 Å². The summed E-state index contributed by atoms with van der Waals surface area (Å²) in [5, 5.41) is 4.18. The molecule has 8 nitrogen and oxygen atoms in total. The number of halogens is 4. The number of alkyl halides is 3. The van der Waals surface area contributed by atoms with Gasteiger partial charge in [-0.25, -0.2) is 0 Å². The van der Waals surface area contributed by atoms with E-state index in [9.17, 15) is 22.8 Å². The lowest BCUT2D eigenvalue weighted by molar-refractivity contribution is -0.118. The molecule has 12 heteroatoms. The number of rotatable bonds is 8. The topological polar surface area (TPSA) is 119 Å². The Morgan fingerprint density at radius 3 is 2.55 bits per heavy atom. The van der Waals surface area contributed by atoms with E-state index in [1.165, 1.54) is 19.3 Å². The van der Waals surface area contributed by atoms with Crippen molar-refractivity contribution in [2.75, 3.05) is 20.6 Å². The number of carbonyl (C=O) groups is 2. The molecular formula is C21H21ClF3N5O3. The number of allylic oxidation sites excluding steroid dienone is 1. The van der Waals surface area contributed by atoms with Gasteiger partial charge >= 0.3 is 6.18 Å². The second-order valence-electron chi connectivity index (χ2n) is 6.51. The summed E-state index contributed by atoms with van der Waals surface area (Å²) >= 11 is 5.67. The first-order valence-electron chi connectivity index (χ1n) is 9.49. The molecular weight excluding hydrogens is 463 g/mol. The van der Waals surface area contributed by atoms with E-state index in [4.69, 9.17) is 22.1 Å². The third-order valence-corrected chi connectivity index (χ3v) is 4.59. The molecule has 0 unspecified atom stereocenters. The van der Waals surface area contributed by atoms with Gasteiger partial charge in [0.1, 0.15) is 33.6 Å². The highest BCUT2D eigenvalue weighted by Crippen LogP contribution is 2.26. The van der Waals surface area contributed by atoms with Crippen LogP contribution in [-0.4, -0.2) is 48.8 Å². The molecule has 0 bridgehead atoms. The van der Waals surface area contributed by atoms with Gasteiger partial charge in [-0.2, -0.15) is 13.2 Å². The molecule has 0 aliphatic heterocycles. The molecule has 1 aromatic heterocycles. The number of nitrogens with two attached hydrogens (primary N) is 1. The van der Waals surface area contributed by atoms with E-state index in [2.05, 4.69) is 20.6 Å². The number of aliphatic imine (C=N–C) groups is 1. The SMILES string of the molecule is CN=C(Cl)C(C(=O)NCCc1cccc(Oc2ccnc(C(=O)NC)c2)c1)=C(N)C(F)(F)F. The summed E-state index contributed by atoms with van der Waals surface area (Å²) in [7, 11) is 2.63. The monoisotopic (exact) mass is 483 g/mol. The van der Waals surface area contributed by atoms with E-state index < -0.39 is 28.5 Å². The first-order chi connectivity index (χ1) is 15.6. The standard InChI is InChI=1S/C21H21ClF3N5O3/c1-27-18(22)16(17(26)21(23,24)25)20(32)30-8-6-12-4-3-5-13(10-12)33-14-7-9-29-15(11-14)19(31)28-2/h3-5,7,9-11H,6,8,26H2,1-2H3,(H,28,31)(H,30,32). The molecule has 4 N–H and O–H groups in total. The lowest BCUT2D eigenvalue weighted by Gasteiger charge is -2.13. The molecule has 1 aromatic carbocycles. The fraction of sp³-hybridized carbons (Fsp3) is 0.238. The van der Waals surface area contributed by atoms with Crippen LogP contribution in [0.25, 0.3) is 0 Å².